The van der Waals surface area contributed by atoms with E-state index in [4.69, 9.17) is 5.73 Å². The van der Waals surface area contributed by atoms with Crippen molar-refractivity contribution in [3.05, 3.63) is 89.5 Å². The van der Waals surface area contributed by atoms with Crippen LogP contribution in [0.4, 0.5) is 0 Å². The molecule has 3 aromatic carbocycles. The van der Waals surface area contributed by atoms with Gasteiger partial charge in [0.25, 0.3) is 0 Å². The van der Waals surface area contributed by atoms with E-state index in [0.717, 1.165) is 49.0 Å². The standard InChI is InChI=1S/C13H13BO2.C13H18N2O/c1-10-5-4-6-11(9-10)12-7-2-3-8-13(12)14(15)16;14-9-11-2-1-3-13(8-11)12-4-6-15(10-16)7-5-12/h2-9,15-16H,1H3;1-3,8,10,12H,4-7,9,14H2. The lowest BCUT2D eigenvalue weighted by atomic mass is 9.75. The number of carbonyl (C=O) groups excluding carboxylic acids is 1. The van der Waals surface area contributed by atoms with Crippen LogP contribution in [0.25, 0.3) is 11.1 Å². The monoisotopic (exact) mass is 430 g/mol. The van der Waals surface area contributed by atoms with Crippen LogP contribution in [-0.4, -0.2) is 41.6 Å². The molecule has 0 atom stereocenters. The van der Waals surface area contributed by atoms with Gasteiger partial charge in [0.15, 0.2) is 0 Å². The number of rotatable bonds is 5. The molecule has 5 nitrogen and oxygen atoms in total. The normalized spacial score (nSPS) is 13.8. The molecule has 0 bridgehead atoms. The maximum absolute atomic E-state index is 10.6. The fourth-order valence-corrected chi connectivity index (χ4v) is 4.11. The van der Waals surface area contributed by atoms with Gasteiger partial charge in [-0.25, -0.2) is 0 Å². The third-order valence-electron chi connectivity index (χ3n) is 5.90. The number of likely N-dealkylation sites (tertiary alicyclic amines) is 1. The Labute approximate surface area is 190 Å². The second kappa shape index (κ2) is 11.6. The van der Waals surface area contributed by atoms with E-state index in [-0.39, 0.29) is 0 Å². The molecule has 166 valence electrons. The lowest BCUT2D eigenvalue weighted by Gasteiger charge is -2.29. The second-order valence-corrected chi connectivity index (χ2v) is 8.20. The predicted molar refractivity (Wildman–Crippen MR) is 130 cm³/mol. The van der Waals surface area contributed by atoms with Crippen molar-refractivity contribution < 1.29 is 14.8 Å². The first-order valence-electron chi connectivity index (χ1n) is 11.0. The van der Waals surface area contributed by atoms with Crippen molar-refractivity contribution in [1.29, 1.82) is 0 Å². The summed E-state index contributed by atoms with van der Waals surface area (Å²) in [6, 6.07) is 23.8. The smallest absolute Gasteiger partial charge is 0.423 e. The number of nitrogens with zero attached hydrogens (tertiary/aromatic N) is 1. The third-order valence-corrected chi connectivity index (χ3v) is 5.90. The number of benzene rings is 3. The number of piperidine rings is 1. The highest BCUT2D eigenvalue weighted by atomic mass is 16.4. The van der Waals surface area contributed by atoms with E-state index < -0.39 is 7.12 Å². The van der Waals surface area contributed by atoms with Crippen LogP contribution in [-0.2, 0) is 11.3 Å². The first kappa shape index (κ1) is 23.7. The molecule has 0 radical (unpaired) electrons. The molecule has 1 saturated heterocycles. The average molecular weight is 430 g/mol. The zero-order valence-corrected chi connectivity index (χ0v) is 18.5. The number of amides is 1. The summed E-state index contributed by atoms with van der Waals surface area (Å²) in [6.07, 6.45) is 3.08. The van der Waals surface area contributed by atoms with Gasteiger partial charge in [0.1, 0.15) is 0 Å². The Morgan fingerprint density at radius 2 is 1.72 bits per heavy atom. The van der Waals surface area contributed by atoms with Crippen LogP contribution in [0.1, 0.15) is 35.4 Å². The number of hydrogen-bond acceptors (Lipinski definition) is 4. The van der Waals surface area contributed by atoms with Gasteiger partial charge in [0.05, 0.1) is 0 Å². The Bertz CT molecular complexity index is 1020. The maximum Gasteiger partial charge on any atom is 0.489 e. The average Bonchev–Trinajstić information content (AvgIpc) is 2.84. The Hall–Kier alpha value is -2.93. The van der Waals surface area contributed by atoms with Crippen molar-refractivity contribution in [2.75, 3.05) is 13.1 Å². The molecule has 32 heavy (non-hydrogen) atoms. The van der Waals surface area contributed by atoms with Crippen LogP contribution >= 0.6 is 0 Å². The highest BCUT2D eigenvalue weighted by molar-refractivity contribution is 6.60. The summed E-state index contributed by atoms with van der Waals surface area (Å²) in [5.41, 5.74) is 11.7. The zero-order chi connectivity index (χ0) is 22.9. The van der Waals surface area contributed by atoms with Crippen molar-refractivity contribution in [1.82, 2.24) is 4.90 Å². The summed E-state index contributed by atoms with van der Waals surface area (Å²) in [5, 5.41) is 18.6. The largest absolute Gasteiger partial charge is 0.489 e. The third kappa shape index (κ3) is 6.30. The van der Waals surface area contributed by atoms with Gasteiger partial charge in [-0.1, -0.05) is 78.4 Å². The molecule has 0 aliphatic carbocycles. The van der Waals surface area contributed by atoms with Crippen molar-refractivity contribution in [3.63, 3.8) is 0 Å². The van der Waals surface area contributed by atoms with Crippen molar-refractivity contribution in [3.8, 4) is 11.1 Å². The fraction of sp³-hybridized carbons (Fsp3) is 0.269. The molecule has 1 fully saturated rings. The van der Waals surface area contributed by atoms with E-state index in [0.29, 0.717) is 17.9 Å². The Kier molecular flexibility index (Phi) is 8.62. The van der Waals surface area contributed by atoms with Crippen molar-refractivity contribution >= 4 is 19.0 Å². The Morgan fingerprint density at radius 1 is 1.00 bits per heavy atom. The minimum Gasteiger partial charge on any atom is -0.423 e. The molecule has 1 aliphatic rings. The molecule has 0 aromatic heterocycles. The summed E-state index contributed by atoms with van der Waals surface area (Å²) >= 11 is 0. The fourth-order valence-electron chi connectivity index (χ4n) is 4.11. The Morgan fingerprint density at radius 3 is 2.38 bits per heavy atom. The van der Waals surface area contributed by atoms with Crippen LogP contribution in [0.15, 0.2) is 72.8 Å². The van der Waals surface area contributed by atoms with E-state index in [1.54, 1.807) is 12.1 Å². The molecule has 0 spiro atoms. The van der Waals surface area contributed by atoms with E-state index in [2.05, 4.69) is 24.3 Å². The number of carbonyl (C=O) groups is 1. The van der Waals surface area contributed by atoms with Crippen LogP contribution in [0, 0.1) is 6.92 Å². The van der Waals surface area contributed by atoms with Crippen LogP contribution in [0.5, 0.6) is 0 Å². The quantitative estimate of drug-likeness (QED) is 0.429. The molecule has 4 N–H and O–H groups in total. The lowest BCUT2D eigenvalue weighted by molar-refractivity contribution is -0.119. The van der Waals surface area contributed by atoms with Gasteiger partial charge < -0.3 is 20.7 Å². The molecule has 1 amide bonds. The van der Waals surface area contributed by atoms with Gasteiger partial charge in [0, 0.05) is 19.6 Å². The molecule has 0 saturated carbocycles. The predicted octanol–water partition coefficient (Wildman–Crippen LogP) is 2.82. The molecule has 3 aromatic rings. The van der Waals surface area contributed by atoms with Gasteiger partial charge in [-0.05, 0) is 53.4 Å². The van der Waals surface area contributed by atoms with Gasteiger partial charge in [-0.15, -0.1) is 0 Å². The molecular formula is C26H31BN2O3. The van der Waals surface area contributed by atoms with Crippen molar-refractivity contribution in [2.24, 2.45) is 5.73 Å². The number of hydrogen-bond donors (Lipinski definition) is 3. The van der Waals surface area contributed by atoms with Crippen LogP contribution in [0.2, 0.25) is 0 Å². The summed E-state index contributed by atoms with van der Waals surface area (Å²) in [7, 11) is -1.43. The highest BCUT2D eigenvalue weighted by Gasteiger charge is 2.19. The molecule has 6 heteroatoms. The van der Waals surface area contributed by atoms with E-state index in [1.165, 1.54) is 11.1 Å². The molecule has 1 heterocycles. The van der Waals surface area contributed by atoms with E-state index in [1.807, 2.05) is 48.2 Å². The lowest BCUT2D eigenvalue weighted by Crippen LogP contribution is -2.31. The van der Waals surface area contributed by atoms with Gasteiger partial charge in [-0.3, -0.25) is 4.79 Å². The Balaban J connectivity index is 0.000000181. The minimum absolute atomic E-state index is 0.535. The highest BCUT2D eigenvalue weighted by Crippen LogP contribution is 2.27. The number of aryl methyl sites for hydroxylation is 1. The molecular weight excluding hydrogens is 399 g/mol. The van der Waals surface area contributed by atoms with Crippen molar-refractivity contribution in [2.45, 2.75) is 32.2 Å². The molecule has 0 unspecified atom stereocenters. The van der Waals surface area contributed by atoms with E-state index >= 15 is 0 Å². The summed E-state index contributed by atoms with van der Waals surface area (Å²) in [4.78, 5) is 12.5. The number of nitrogens with two attached hydrogens (primary N) is 1. The van der Waals surface area contributed by atoms with Gasteiger partial charge in [0.2, 0.25) is 6.41 Å². The van der Waals surface area contributed by atoms with Gasteiger partial charge >= 0.3 is 7.12 Å². The summed E-state index contributed by atoms with van der Waals surface area (Å²) in [6.45, 7) is 4.37. The van der Waals surface area contributed by atoms with Crippen LogP contribution < -0.4 is 11.2 Å². The minimum atomic E-state index is -1.43. The van der Waals surface area contributed by atoms with Crippen LogP contribution in [0.3, 0.4) is 0 Å². The first-order valence-corrected chi connectivity index (χ1v) is 11.0. The second-order valence-electron chi connectivity index (χ2n) is 8.20. The van der Waals surface area contributed by atoms with E-state index in [9.17, 15) is 14.8 Å². The molecule has 1 aliphatic heterocycles. The summed E-state index contributed by atoms with van der Waals surface area (Å²) < 4.78 is 0. The molecule has 4 rings (SSSR count). The summed E-state index contributed by atoms with van der Waals surface area (Å²) in [5.74, 6) is 0.586. The SMILES string of the molecule is Cc1cccc(-c2ccccc2B(O)O)c1.NCc1cccc(C2CCN(C=O)CC2)c1. The first-order chi connectivity index (χ1) is 15.5. The zero-order valence-electron chi connectivity index (χ0n) is 18.5. The maximum atomic E-state index is 10.6. The topological polar surface area (TPSA) is 86.8 Å². The van der Waals surface area contributed by atoms with Gasteiger partial charge in [-0.2, -0.15) is 0 Å².